The summed E-state index contributed by atoms with van der Waals surface area (Å²) in [5, 5.41) is 0.116. The van der Waals surface area contributed by atoms with Crippen molar-refractivity contribution in [3.05, 3.63) is 34.9 Å². The number of Topliss-reactive ketones (excluding diaryl/α,β-unsaturated/α-hetero) is 1. The number of alkyl halides is 4. The zero-order chi connectivity index (χ0) is 12.3. The predicted octanol–water partition coefficient (Wildman–Crippen LogP) is 3.85. The van der Waals surface area contributed by atoms with Gasteiger partial charge < -0.3 is 0 Å². The van der Waals surface area contributed by atoms with E-state index in [1.54, 1.807) is 6.92 Å². The number of hydrogen-bond donors (Lipinski definition) is 0. The van der Waals surface area contributed by atoms with E-state index >= 15 is 0 Å². The van der Waals surface area contributed by atoms with Gasteiger partial charge in [-0.05, 0) is 24.1 Å². The van der Waals surface area contributed by atoms with E-state index in [2.05, 4.69) is 15.9 Å². The summed E-state index contributed by atoms with van der Waals surface area (Å²) in [5.74, 6) is -0.203. The summed E-state index contributed by atoms with van der Waals surface area (Å²) in [5.41, 5.74) is 0.0714. The van der Waals surface area contributed by atoms with Crippen molar-refractivity contribution >= 4 is 21.7 Å². The van der Waals surface area contributed by atoms with Crippen molar-refractivity contribution in [1.29, 1.82) is 0 Å². The number of benzene rings is 1. The summed E-state index contributed by atoms with van der Waals surface area (Å²) in [4.78, 5) is 11.4. The van der Waals surface area contributed by atoms with Gasteiger partial charge in [-0.2, -0.15) is 13.2 Å². The Kier molecular flexibility index (Phi) is 4.13. The molecule has 0 heterocycles. The molecule has 5 heteroatoms. The molecule has 0 aliphatic rings. The summed E-state index contributed by atoms with van der Waals surface area (Å²) < 4.78 is 37.3. The summed E-state index contributed by atoms with van der Waals surface area (Å²) in [6.07, 6.45) is -3.96. The van der Waals surface area contributed by atoms with Crippen LogP contribution in [-0.2, 0) is 12.6 Å². The fourth-order valence-corrected chi connectivity index (χ4v) is 1.71. The van der Waals surface area contributed by atoms with E-state index < -0.39 is 11.7 Å². The van der Waals surface area contributed by atoms with Crippen molar-refractivity contribution in [2.75, 3.05) is 5.33 Å². The van der Waals surface area contributed by atoms with Gasteiger partial charge in [-0.3, -0.25) is 4.79 Å². The van der Waals surface area contributed by atoms with Crippen molar-refractivity contribution in [3.63, 3.8) is 0 Å². The molecule has 0 radical (unpaired) electrons. The normalized spacial score (nSPS) is 11.6. The largest absolute Gasteiger partial charge is 0.416 e. The van der Waals surface area contributed by atoms with Crippen LogP contribution >= 0.6 is 15.9 Å². The number of hydrogen-bond acceptors (Lipinski definition) is 1. The summed E-state index contributed by atoms with van der Waals surface area (Å²) in [7, 11) is 0. The second-order valence-corrected chi connectivity index (χ2v) is 3.84. The third-order valence-electron chi connectivity index (χ3n) is 2.24. The molecule has 0 aromatic heterocycles. The zero-order valence-electron chi connectivity index (χ0n) is 8.57. The summed E-state index contributed by atoms with van der Waals surface area (Å²) >= 11 is 3.00. The van der Waals surface area contributed by atoms with Crippen molar-refractivity contribution < 1.29 is 18.0 Å². The van der Waals surface area contributed by atoms with Gasteiger partial charge in [-0.1, -0.05) is 28.9 Å². The Morgan fingerprint density at radius 2 is 2.00 bits per heavy atom. The lowest BCUT2D eigenvalue weighted by Gasteiger charge is -2.11. The SMILES string of the molecule is CCc1cc(C(F)(F)F)ccc1C(=O)CBr. The van der Waals surface area contributed by atoms with Gasteiger partial charge in [0.05, 0.1) is 10.9 Å². The molecule has 1 aromatic carbocycles. The van der Waals surface area contributed by atoms with Crippen molar-refractivity contribution in [2.24, 2.45) is 0 Å². The molecular weight excluding hydrogens is 285 g/mol. The highest BCUT2D eigenvalue weighted by Crippen LogP contribution is 2.30. The number of ketones is 1. The molecule has 0 bridgehead atoms. The number of rotatable bonds is 3. The molecule has 0 aliphatic heterocycles. The van der Waals surface area contributed by atoms with Crippen LogP contribution in [0.2, 0.25) is 0 Å². The van der Waals surface area contributed by atoms with E-state index in [0.29, 0.717) is 17.5 Å². The smallest absolute Gasteiger partial charge is 0.293 e. The lowest BCUT2D eigenvalue weighted by Crippen LogP contribution is -2.09. The lowest BCUT2D eigenvalue weighted by molar-refractivity contribution is -0.137. The Morgan fingerprint density at radius 3 is 2.44 bits per heavy atom. The number of carbonyl (C=O) groups excluding carboxylic acids is 1. The Balaban J connectivity index is 3.22. The van der Waals surface area contributed by atoms with Crippen LogP contribution in [0.1, 0.15) is 28.4 Å². The van der Waals surface area contributed by atoms with Crippen molar-refractivity contribution in [3.8, 4) is 0 Å². The summed E-state index contributed by atoms with van der Waals surface area (Å²) in [6.45, 7) is 1.72. The fourth-order valence-electron chi connectivity index (χ4n) is 1.41. The van der Waals surface area contributed by atoms with Crippen LogP contribution in [-0.4, -0.2) is 11.1 Å². The molecule has 0 saturated carbocycles. The molecule has 16 heavy (non-hydrogen) atoms. The second-order valence-electron chi connectivity index (χ2n) is 3.28. The van der Waals surface area contributed by atoms with Crippen LogP contribution in [0.25, 0.3) is 0 Å². The Bertz CT molecular complexity index is 399. The number of halogens is 4. The molecule has 1 nitrogen and oxygen atoms in total. The standard InChI is InChI=1S/C11H10BrF3O/c1-2-7-5-8(11(13,14)15)3-4-9(7)10(16)6-12/h3-5H,2,6H2,1H3. The molecule has 0 atom stereocenters. The average molecular weight is 295 g/mol. The number of aryl methyl sites for hydroxylation is 1. The minimum atomic E-state index is -4.36. The molecule has 0 unspecified atom stereocenters. The van der Waals surface area contributed by atoms with E-state index in [9.17, 15) is 18.0 Å². The van der Waals surface area contributed by atoms with E-state index in [1.165, 1.54) is 6.07 Å². The Labute approximate surface area is 99.8 Å². The molecule has 0 fully saturated rings. The van der Waals surface area contributed by atoms with Gasteiger partial charge in [0.15, 0.2) is 5.78 Å². The Hall–Kier alpha value is -0.840. The van der Waals surface area contributed by atoms with E-state index in [-0.39, 0.29) is 11.1 Å². The topological polar surface area (TPSA) is 17.1 Å². The van der Waals surface area contributed by atoms with Gasteiger partial charge in [-0.25, -0.2) is 0 Å². The van der Waals surface area contributed by atoms with Crippen LogP contribution in [0.4, 0.5) is 13.2 Å². The molecule has 0 aliphatic carbocycles. The van der Waals surface area contributed by atoms with Crippen LogP contribution in [0, 0.1) is 0 Å². The van der Waals surface area contributed by atoms with Crippen molar-refractivity contribution in [2.45, 2.75) is 19.5 Å². The first-order valence-corrected chi connectivity index (χ1v) is 5.81. The minimum absolute atomic E-state index is 0.116. The average Bonchev–Trinajstić information content (AvgIpc) is 2.26. The van der Waals surface area contributed by atoms with Gasteiger partial charge in [-0.15, -0.1) is 0 Å². The zero-order valence-corrected chi connectivity index (χ0v) is 10.2. The maximum absolute atomic E-state index is 12.4. The van der Waals surface area contributed by atoms with Gasteiger partial charge in [0.1, 0.15) is 0 Å². The minimum Gasteiger partial charge on any atom is -0.293 e. The van der Waals surface area contributed by atoms with Gasteiger partial charge in [0, 0.05) is 5.56 Å². The Morgan fingerprint density at radius 1 is 1.38 bits per heavy atom. The molecule has 0 spiro atoms. The first-order chi connectivity index (χ1) is 7.40. The van der Waals surface area contributed by atoms with Crippen LogP contribution < -0.4 is 0 Å². The van der Waals surface area contributed by atoms with Crippen LogP contribution in [0.5, 0.6) is 0 Å². The van der Waals surface area contributed by atoms with Gasteiger partial charge in [0.2, 0.25) is 0 Å². The molecule has 0 N–H and O–H groups in total. The maximum Gasteiger partial charge on any atom is 0.416 e. The van der Waals surface area contributed by atoms with Gasteiger partial charge >= 0.3 is 6.18 Å². The third-order valence-corrected chi connectivity index (χ3v) is 2.74. The maximum atomic E-state index is 12.4. The molecule has 0 amide bonds. The molecule has 88 valence electrons. The third kappa shape index (κ3) is 2.84. The highest BCUT2D eigenvalue weighted by atomic mass is 79.9. The highest BCUT2D eigenvalue weighted by molar-refractivity contribution is 9.09. The quantitative estimate of drug-likeness (QED) is 0.611. The second kappa shape index (κ2) is 4.99. The molecule has 1 aromatic rings. The molecule has 0 saturated heterocycles. The fraction of sp³-hybridized carbons (Fsp3) is 0.364. The van der Waals surface area contributed by atoms with E-state index in [0.717, 1.165) is 12.1 Å². The van der Waals surface area contributed by atoms with Crippen LogP contribution in [0.15, 0.2) is 18.2 Å². The first-order valence-electron chi connectivity index (χ1n) is 4.69. The highest BCUT2D eigenvalue weighted by Gasteiger charge is 2.31. The first kappa shape index (κ1) is 13.2. The van der Waals surface area contributed by atoms with E-state index in [4.69, 9.17) is 0 Å². The monoisotopic (exact) mass is 294 g/mol. The lowest BCUT2D eigenvalue weighted by atomic mass is 9.99. The van der Waals surface area contributed by atoms with Crippen molar-refractivity contribution in [1.82, 2.24) is 0 Å². The van der Waals surface area contributed by atoms with E-state index in [1.807, 2.05) is 0 Å². The molecular formula is C11H10BrF3O. The van der Waals surface area contributed by atoms with Crippen LogP contribution in [0.3, 0.4) is 0 Å². The van der Waals surface area contributed by atoms with Gasteiger partial charge in [0.25, 0.3) is 0 Å². The number of carbonyl (C=O) groups is 1. The predicted molar refractivity (Wildman–Crippen MR) is 58.9 cm³/mol. The summed E-state index contributed by atoms with van der Waals surface area (Å²) in [6, 6.07) is 3.22. The molecule has 1 rings (SSSR count).